The lowest BCUT2D eigenvalue weighted by atomic mass is 10.0. The number of hydrogen-bond acceptors (Lipinski definition) is 1. The van der Waals surface area contributed by atoms with Crippen LogP contribution in [0.5, 0.6) is 0 Å². The van der Waals surface area contributed by atoms with Gasteiger partial charge in [-0.1, -0.05) is 25.5 Å². The molecule has 0 unspecified atom stereocenters. The number of carbonyl (C=O) groups is 1. The Morgan fingerprint density at radius 2 is 1.87 bits per heavy atom. The van der Waals surface area contributed by atoms with Gasteiger partial charge in [0.15, 0.2) is 0 Å². The van der Waals surface area contributed by atoms with Gasteiger partial charge in [-0.05, 0) is 60.0 Å². The minimum absolute atomic E-state index is 0.00747. The van der Waals surface area contributed by atoms with Gasteiger partial charge in [0.2, 0.25) is 5.91 Å². The zero-order valence-corrected chi connectivity index (χ0v) is 16.7. The molecule has 0 saturated carbocycles. The highest BCUT2D eigenvalue weighted by Gasteiger charge is 2.31. The highest BCUT2D eigenvalue weighted by Crippen LogP contribution is 2.34. The van der Waals surface area contributed by atoms with E-state index in [1.54, 1.807) is 22.8 Å². The van der Waals surface area contributed by atoms with Crippen molar-refractivity contribution in [2.24, 2.45) is 5.73 Å². The van der Waals surface area contributed by atoms with E-state index in [1.807, 2.05) is 19.1 Å². The van der Waals surface area contributed by atoms with E-state index in [0.717, 1.165) is 30.5 Å². The summed E-state index contributed by atoms with van der Waals surface area (Å²) in [5.41, 5.74) is 7.31. The summed E-state index contributed by atoms with van der Waals surface area (Å²) in [5, 5.41) is 1.23. The second-order valence-electron chi connectivity index (χ2n) is 7.51. The van der Waals surface area contributed by atoms with E-state index in [0.29, 0.717) is 33.4 Å². The maximum absolute atomic E-state index is 14.0. The second-order valence-corrected chi connectivity index (χ2v) is 7.51. The van der Waals surface area contributed by atoms with E-state index in [9.17, 15) is 22.4 Å². The number of carbonyl (C=O) groups excluding carboxylic acids is 1. The first-order chi connectivity index (χ1) is 14.7. The molecule has 7 heteroatoms. The molecule has 3 nitrogen and oxygen atoms in total. The summed E-state index contributed by atoms with van der Waals surface area (Å²) < 4.78 is 55.3. The van der Waals surface area contributed by atoms with Gasteiger partial charge in [-0.15, -0.1) is 0 Å². The van der Waals surface area contributed by atoms with Crippen molar-refractivity contribution in [1.82, 2.24) is 4.57 Å². The molecule has 3 aromatic carbocycles. The molecule has 4 aromatic rings. The fourth-order valence-electron chi connectivity index (χ4n) is 4.00. The lowest BCUT2D eigenvalue weighted by Gasteiger charge is -2.12. The lowest BCUT2D eigenvalue weighted by Crippen LogP contribution is -2.11. The fourth-order valence-corrected chi connectivity index (χ4v) is 4.00. The van der Waals surface area contributed by atoms with E-state index < -0.39 is 23.5 Å². The van der Waals surface area contributed by atoms with Crippen LogP contribution in [0.1, 0.15) is 40.4 Å². The van der Waals surface area contributed by atoms with Gasteiger partial charge in [0, 0.05) is 22.9 Å². The van der Waals surface area contributed by atoms with Crippen molar-refractivity contribution in [2.45, 2.75) is 32.5 Å². The van der Waals surface area contributed by atoms with E-state index in [4.69, 9.17) is 5.73 Å². The van der Waals surface area contributed by atoms with Crippen LogP contribution < -0.4 is 5.73 Å². The Bertz CT molecular complexity index is 1300. The average Bonchev–Trinajstić information content (AvgIpc) is 3.00. The van der Waals surface area contributed by atoms with Crippen LogP contribution in [-0.2, 0) is 19.1 Å². The number of aryl methyl sites for hydroxylation is 1. The van der Waals surface area contributed by atoms with Crippen LogP contribution in [0.4, 0.5) is 17.6 Å². The van der Waals surface area contributed by atoms with Crippen molar-refractivity contribution in [3.8, 4) is 0 Å². The topological polar surface area (TPSA) is 48.0 Å². The Morgan fingerprint density at radius 1 is 1.10 bits per heavy atom. The van der Waals surface area contributed by atoms with Crippen molar-refractivity contribution >= 4 is 27.7 Å². The van der Waals surface area contributed by atoms with Crippen LogP contribution in [0.3, 0.4) is 0 Å². The molecule has 0 saturated heterocycles. The number of benzene rings is 3. The molecule has 1 amide bonds. The highest BCUT2D eigenvalue weighted by molar-refractivity contribution is 6.17. The SMILES string of the molecule is CCCc1c[c]c2c3c(C(N)=O)cccc3n(Cc3cc(F)cc(C(F)(F)F)c3)c2c1. The van der Waals surface area contributed by atoms with Crippen molar-refractivity contribution in [3.05, 3.63) is 82.7 Å². The molecule has 2 N–H and O–H groups in total. The number of halogens is 4. The molecule has 0 fully saturated rings. The summed E-state index contributed by atoms with van der Waals surface area (Å²) in [6.45, 7) is 2.03. The first kappa shape index (κ1) is 20.9. The van der Waals surface area contributed by atoms with Crippen molar-refractivity contribution in [1.29, 1.82) is 0 Å². The predicted molar refractivity (Wildman–Crippen MR) is 111 cm³/mol. The molecular formula is C24H19F4N2O. The van der Waals surface area contributed by atoms with Gasteiger partial charge < -0.3 is 10.3 Å². The van der Waals surface area contributed by atoms with Crippen LogP contribution in [0.2, 0.25) is 0 Å². The molecule has 1 heterocycles. The average molecular weight is 427 g/mol. The quantitative estimate of drug-likeness (QED) is 0.399. The van der Waals surface area contributed by atoms with Crippen molar-refractivity contribution in [3.63, 3.8) is 0 Å². The number of primary amides is 1. The van der Waals surface area contributed by atoms with Crippen LogP contribution in [-0.4, -0.2) is 10.5 Å². The van der Waals surface area contributed by atoms with Gasteiger partial charge in [0.1, 0.15) is 5.82 Å². The first-order valence-corrected chi connectivity index (χ1v) is 9.81. The van der Waals surface area contributed by atoms with Gasteiger partial charge in [-0.2, -0.15) is 13.2 Å². The zero-order chi connectivity index (χ0) is 22.3. The Kier molecular flexibility index (Phi) is 5.21. The molecule has 1 aromatic heterocycles. The number of fused-ring (bicyclic) bond motifs is 3. The fraction of sp³-hybridized carbons (Fsp3) is 0.208. The highest BCUT2D eigenvalue weighted by atomic mass is 19.4. The number of nitrogens with zero attached hydrogens (tertiary/aromatic N) is 1. The van der Waals surface area contributed by atoms with Crippen LogP contribution in [0.15, 0.2) is 48.5 Å². The zero-order valence-electron chi connectivity index (χ0n) is 16.7. The summed E-state index contributed by atoms with van der Waals surface area (Å²) in [6, 6.07) is 14.5. The van der Waals surface area contributed by atoms with Gasteiger partial charge in [0.05, 0.1) is 16.6 Å². The molecule has 4 rings (SSSR count). The van der Waals surface area contributed by atoms with E-state index >= 15 is 0 Å². The maximum Gasteiger partial charge on any atom is 0.416 e. The van der Waals surface area contributed by atoms with Crippen LogP contribution in [0, 0.1) is 11.9 Å². The van der Waals surface area contributed by atoms with Gasteiger partial charge in [-0.25, -0.2) is 4.39 Å². The number of hydrogen-bond donors (Lipinski definition) is 1. The van der Waals surface area contributed by atoms with E-state index in [1.165, 1.54) is 0 Å². The molecule has 0 bridgehead atoms. The normalized spacial score (nSPS) is 12.0. The third kappa shape index (κ3) is 3.87. The summed E-state index contributed by atoms with van der Waals surface area (Å²) in [6.07, 6.45) is -2.95. The summed E-state index contributed by atoms with van der Waals surface area (Å²) in [5.74, 6) is -1.57. The Labute approximate surface area is 176 Å². The molecule has 1 radical (unpaired) electrons. The van der Waals surface area contributed by atoms with Crippen molar-refractivity contribution in [2.75, 3.05) is 0 Å². The van der Waals surface area contributed by atoms with Crippen LogP contribution in [0.25, 0.3) is 21.8 Å². The Hall–Kier alpha value is -3.35. The van der Waals surface area contributed by atoms with Gasteiger partial charge in [0.25, 0.3) is 0 Å². The lowest BCUT2D eigenvalue weighted by molar-refractivity contribution is -0.137. The largest absolute Gasteiger partial charge is 0.416 e. The smallest absolute Gasteiger partial charge is 0.366 e. The number of amides is 1. The number of aromatic nitrogens is 1. The minimum atomic E-state index is -4.65. The predicted octanol–water partition coefficient (Wildman–Crippen LogP) is 5.85. The van der Waals surface area contributed by atoms with Gasteiger partial charge in [-0.3, -0.25) is 4.79 Å². The molecule has 0 atom stereocenters. The standard InChI is InChI=1S/C24H19F4N2O/c1-2-4-14-7-8-18-21(11-14)30(20-6-3-5-19(22(18)20)23(29)31)13-15-9-16(24(26,27)28)12-17(25)10-15/h3,5-7,9-12H,2,4,13H2,1H3,(H2,29,31). The Balaban J connectivity index is 1.98. The Morgan fingerprint density at radius 3 is 2.55 bits per heavy atom. The van der Waals surface area contributed by atoms with Crippen LogP contribution >= 0.6 is 0 Å². The van der Waals surface area contributed by atoms with E-state index in [-0.39, 0.29) is 12.1 Å². The number of nitrogens with two attached hydrogens (primary N) is 1. The summed E-state index contributed by atoms with van der Waals surface area (Å²) >= 11 is 0. The number of alkyl halides is 3. The van der Waals surface area contributed by atoms with Gasteiger partial charge >= 0.3 is 6.18 Å². The summed E-state index contributed by atoms with van der Waals surface area (Å²) in [7, 11) is 0. The number of rotatable bonds is 5. The molecule has 0 aliphatic rings. The summed E-state index contributed by atoms with van der Waals surface area (Å²) in [4.78, 5) is 12.0. The molecule has 159 valence electrons. The molecule has 0 aliphatic carbocycles. The minimum Gasteiger partial charge on any atom is -0.366 e. The molecule has 0 aliphatic heterocycles. The second kappa shape index (κ2) is 7.72. The monoisotopic (exact) mass is 427 g/mol. The third-order valence-corrected chi connectivity index (χ3v) is 5.28. The molecular weight excluding hydrogens is 408 g/mol. The molecule has 0 spiro atoms. The van der Waals surface area contributed by atoms with Crippen molar-refractivity contribution < 1.29 is 22.4 Å². The maximum atomic E-state index is 14.0. The van der Waals surface area contributed by atoms with E-state index in [2.05, 4.69) is 6.07 Å². The first-order valence-electron chi connectivity index (χ1n) is 9.81. The molecule has 31 heavy (non-hydrogen) atoms. The third-order valence-electron chi connectivity index (χ3n) is 5.28.